The van der Waals surface area contributed by atoms with Crippen LogP contribution in [0, 0.1) is 0 Å². The molecule has 1 rings (SSSR count). The van der Waals surface area contributed by atoms with E-state index in [1.165, 1.54) is 56.7 Å². The van der Waals surface area contributed by atoms with Gasteiger partial charge in [-0.3, -0.25) is 0 Å². The molecule has 0 unspecified atom stereocenters. The molecule has 0 saturated carbocycles. The lowest BCUT2D eigenvalue weighted by atomic mass is 10.1. The van der Waals surface area contributed by atoms with Crippen LogP contribution in [0.1, 0.15) is 75.1 Å². The van der Waals surface area contributed by atoms with Crippen molar-refractivity contribution in [2.45, 2.75) is 69.6 Å². The third-order valence-electron chi connectivity index (χ3n) is 3.84. The fraction of sp³-hybridized carbons (Fsp3) is 0.611. The van der Waals surface area contributed by atoms with Crippen molar-refractivity contribution in [1.29, 1.82) is 0 Å². The van der Waals surface area contributed by atoms with Crippen LogP contribution < -0.4 is 0 Å². The summed E-state index contributed by atoms with van der Waals surface area (Å²) in [5.74, 6) is -0.597. The number of ether oxygens (including phenoxy) is 1. The number of hydrogen-bond donors (Lipinski definition) is 0. The van der Waals surface area contributed by atoms with Gasteiger partial charge in [-0.2, -0.15) is 0 Å². The highest BCUT2D eigenvalue weighted by molar-refractivity contribution is 7.85. The average Bonchev–Trinajstić information content (AvgIpc) is 2.55. The van der Waals surface area contributed by atoms with Gasteiger partial charge in [-0.1, -0.05) is 64.4 Å². The van der Waals surface area contributed by atoms with Crippen LogP contribution in [0.4, 0.5) is 0 Å². The maximum Gasteiger partial charge on any atom is 0.338 e. The fourth-order valence-corrected chi connectivity index (χ4v) is 2.96. The lowest BCUT2D eigenvalue weighted by molar-refractivity contribution is 0.0497. The van der Waals surface area contributed by atoms with Crippen LogP contribution in [0.5, 0.6) is 0 Å². The molecule has 0 amide bonds. The third kappa shape index (κ3) is 8.45. The minimum atomic E-state index is -4.56. The standard InChI is InChI=1S/C18H28O5S/c1-2-3-4-5-6-7-8-9-10-14-23-18(19)16-12-11-13-17(15-16)24(20,21)22/h11-13,15H,2-10,14H2,1H3,(H,20,21,22)/p-1. The predicted molar refractivity (Wildman–Crippen MR) is 91.9 cm³/mol. The Bertz CT molecular complexity index is 595. The molecule has 1 aromatic carbocycles. The maximum atomic E-state index is 11.8. The summed E-state index contributed by atoms with van der Waals surface area (Å²) in [6.07, 6.45) is 10.6. The van der Waals surface area contributed by atoms with Gasteiger partial charge in [0.05, 0.1) is 17.1 Å². The van der Waals surface area contributed by atoms with E-state index in [4.69, 9.17) is 4.74 Å². The Kier molecular flexibility index (Phi) is 9.64. The molecule has 0 fully saturated rings. The molecular weight excluding hydrogens is 328 g/mol. The number of hydrogen-bond acceptors (Lipinski definition) is 5. The second-order valence-electron chi connectivity index (χ2n) is 5.95. The quantitative estimate of drug-likeness (QED) is 0.317. The van der Waals surface area contributed by atoms with Crippen molar-refractivity contribution < 1.29 is 22.5 Å². The Morgan fingerprint density at radius 1 is 1.00 bits per heavy atom. The number of unbranched alkanes of at least 4 members (excludes halogenated alkanes) is 8. The van der Waals surface area contributed by atoms with Gasteiger partial charge in [0.25, 0.3) is 0 Å². The molecule has 0 N–H and O–H groups in total. The van der Waals surface area contributed by atoms with Crippen LogP contribution in [-0.2, 0) is 14.9 Å². The molecule has 0 atom stereocenters. The van der Waals surface area contributed by atoms with Gasteiger partial charge >= 0.3 is 5.97 Å². The van der Waals surface area contributed by atoms with Crippen LogP contribution in [0.15, 0.2) is 29.2 Å². The van der Waals surface area contributed by atoms with E-state index in [9.17, 15) is 17.8 Å². The minimum absolute atomic E-state index is 0.0860. The van der Waals surface area contributed by atoms with Gasteiger partial charge < -0.3 is 9.29 Å². The molecule has 5 nitrogen and oxygen atoms in total. The van der Waals surface area contributed by atoms with E-state index in [2.05, 4.69) is 6.92 Å². The van der Waals surface area contributed by atoms with E-state index >= 15 is 0 Å². The molecule has 6 heteroatoms. The van der Waals surface area contributed by atoms with Crippen molar-refractivity contribution >= 4 is 16.1 Å². The molecule has 0 radical (unpaired) electrons. The first kappa shape index (κ1) is 20.6. The Labute approximate surface area is 145 Å². The number of carbonyl (C=O) groups excluding carboxylic acids is 1. The summed E-state index contributed by atoms with van der Waals surface area (Å²) in [5, 5.41) is 0. The van der Waals surface area contributed by atoms with Crippen LogP contribution in [-0.4, -0.2) is 25.5 Å². The van der Waals surface area contributed by atoms with E-state index in [0.29, 0.717) is 6.61 Å². The van der Waals surface area contributed by atoms with E-state index in [0.717, 1.165) is 25.3 Å². The first-order chi connectivity index (χ1) is 11.4. The third-order valence-corrected chi connectivity index (χ3v) is 4.67. The number of esters is 1. The number of benzene rings is 1. The van der Waals surface area contributed by atoms with E-state index in [-0.39, 0.29) is 5.56 Å². The van der Waals surface area contributed by atoms with Crippen molar-refractivity contribution in [2.75, 3.05) is 6.61 Å². The van der Waals surface area contributed by atoms with E-state index in [1.807, 2.05) is 0 Å². The molecule has 0 heterocycles. The van der Waals surface area contributed by atoms with Crippen molar-refractivity contribution in [3.8, 4) is 0 Å². The van der Waals surface area contributed by atoms with Crippen LogP contribution >= 0.6 is 0 Å². The zero-order chi connectivity index (χ0) is 17.8. The highest BCUT2D eigenvalue weighted by Crippen LogP contribution is 2.13. The van der Waals surface area contributed by atoms with Gasteiger partial charge in [-0.25, -0.2) is 13.2 Å². The van der Waals surface area contributed by atoms with Gasteiger partial charge in [0.15, 0.2) is 0 Å². The monoisotopic (exact) mass is 355 g/mol. The van der Waals surface area contributed by atoms with Gasteiger partial charge in [0, 0.05) is 0 Å². The van der Waals surface area contributed by atoms with Crippen LogP contribution in [0.3, 0.4) is 0 Å². The zero-order valence-corrected chi connectivity index (χ0v) is 15.1. The smallest absolute Gasteiger partial charge is 0.338 e. The molecule has 0 saturated heterocycles. The zero-order valence-electron chi connectivity index (χ0n) is 14.3. The van der Waals surface area contributed by atoms with Gasteiger partial charge in [-0.15, -0.1) is 0 Å². The lowest BCUT2D eigenvalue weighted by Crippen LogP contribution is -2.08. The maximum absolute atomic E-state index is 11.8. The molecular formula is C18H27O5S-. The van der Waals surface area contributed by atoms with Crippen molar-refractivity contribution in [2.24, 2.45) is 0 Å². The summed E-state index contributed by atoms with van der Waals surface area (Å²) in [5.41, 5.74) is 0.0860. The minimum Gasteiger partial charge on any atom is -0.744 e. The highest BCUT2D eigenvalue weighted by atomic mass is 32.2. The summed E-state index contributed by atoms with van der Waals surface area (Å²) in [6.45, 7) is 2.51. The molecule has 0 aromatic heterocycles. The molecule has 0 spiro atoms. The molecule has 0 aliphatic rings. The SMILES string of the molecule is CCCCCCCCCCCOC(=O)c1cccc(S(=O)(=O)[O-])c1. The topological polar surface area (TPSA) is 83.5 Å². The second kappa shape index (κ2) is 11.2. The lowest BCUT2D eigenvalue weighted by Gasteiger charge is -2.09. The summed E-state index contributed by atoms with van der Waals surface area (Å²) in [6, 6.07) is 5.02. The van der Waals surface area contributed by atoms with Crippen molar-refractivity contribution in [1.82, 2.24) is 0 Å². The largest absolute Gasteiger partial charge is 0.744 e. The predicted octanol–water partition coefficient (Wildman–Crippen LogP) is 4.28. The van der Waals surface area contributed by atoms with Gasteiger partial charge in [0.1, 0.15) is 10.1 Å². The molecule has 0 aliphatic carbocycles. The molecule has 24 heavy (non-hydrogen) atoms. The van der Waals surface area contributed by atoms with Crippen LogP contribution in [0.2, 0.25) is 0 Å². The first-order valence-electron chi connectivity index (χ1n) is 8.68. The summed E-state index contributed by atoms with van der Waals surface area (Å²) < 4.78 is 38.0. The first-order valence-corrected chi connectivity index (χ1v) is 10.1. The van der Waals surface area contributed by atoms with E-state index in [1.54, 1.807) is 0 Å². The van der Waals surface area contributed by atoms with Gasteiger partial charge in [0.2, 0.25) is 0 Å². The molecule has 136 valence electrons. The van der Waals surface area contributed by atoms with E-state index < -0.39 is 21.0 Å². The molecule has 1 aromatic rings. The average molecular weight is 355 g/mol. The fourth-order valence-electron chi connectivity index (χ4n) is 2.44. The Morgan fingerprint density at radius 2 is 1.58 bits per heavy atom. The Morgan fingerprint density at radius 3 is 2.17 bits per heavy atom. The number of rotatable bonds is 12. The molecule has 0 bridgehead atoms. The highest BCUT2D eigenvalue weighted by Gasteiger charge is 2.10. The Hall–Kier alpha value is -1.40. The van der Waals surface area contributed by atoms with Crippen LogP contribution in [0.25, 0.3) is 0 Å². The van der Waals surface area contributed by atoms with Gasteiger partial charge in [-0.05, 0) is 24.6 Å². The summed E-state index contributed by atoms with van der Waals surface area (Å²) >= 11 is 0. The normalized spacial score (nSPS) is 11.4. The number of carbonyl (C=O) groups is 1. The summed E-state index contributed by atoms with van der Waals surface area (Å²) in [4.78, 5) is 11.4. The summed E-state index contributed by atoms with van der Waals surface area (Å²) in [7, 11) is -4.56. The van der Waals surface area contributed by atoms with Crippen molar-refractivity contribution in [3.05, 3.63) is 29.8 Å². The second-order valence-corrected chi connectivity index (χ2v) is 7.33. The Balaban J connectivity index is 2.19. The van der Waals surface area contributed by atoms with Crippen molar-refractivity contribution in [3.63, 3.8) is 0 Å². The molecule has 0 aliphatic heterocycles.